The van der Waals surface area contributed by atoms with Gasteiger partial charge in [-0.1, -0.05) is 97.1 Å². The van der Waals surface area contributed by atoms with Crippen molar-refractivity contribution in [1.29, 1.82) is 0 Å². The Labute approximate surface area is 370 Å². The maximum absolute atomic E-state index is 6.68. The summed E-state index contributed by atoms with van der Waals surface area (Å²) in [7, 11) is 0. The third-order valence-corrected chi connectivity index (χ3v) is 14.4. The monoisotopic (exact) mass is 840 g/mol. The smallest absolute Gasteiger partial charge is 0.137 e. The van der Waals surface area contributed by atoms with E-state index in [2.05, 4.69) is 173 Å². The predicted molar refractivity (Wildman–Crippen MR) is 262 cm³/mol. The molecule has 6 nitrogen and oxygen atoms in total. The molecule has 302 valence electrons. The number of furan rings is 2. The molecule has 7 heteroatoms. The second kappa shape index (κ2) is 13.8. The molecular formula is C57H36N4O2S. The molecule has 14 rings (SSSR count). The van der Waals surface area contributed by atoms with Crippen LogP contribution in [0, 0.1) is 12.1 Å². The molecule has 0 saturated carbocycles. The second-order valence-electron chi connectivity index (χ2n) is 16.9. The van der Waals surface area contributed by atoms with Crippen LogP contribution in [0.2, 0.25) is 0 Å². The Balaban J connectivity index is 0.850. The van der Waals surface area contributed by atoms with Crippen LogP contribution in [-0.2, 0) is 0 Å². The van der Waals surface area contributed by atoms with E-state index in [9.17, 15) is 0 Å². The summed E-state index contributed by atoms with van der Waals surface area (Å²) >= 11 is 1.87. The molecule has 1 aliphatic heterocycles. The Morgan fingerprint density at radius 1 is 0.594 bits per heavy atom. The highest BCUT2D eigenvalue weighted by molar-refractivity contribution is 7.17. The molecule has 2 aliphatic rings. The average molecular weight is 841 g/mol. The van der Waals surface area contributed by atoms with Gasteiger partial charge in [-0.3, -0.25) is 5.32 Å². The van der Waals surface area contributed by atoms with E-state index in [1.165, 1.54) is 52.8 Å². The van der Waals surface area contributed by atoms with Crippen LogP contribution in [0.5, 0.6) is 0 Å². The number of aromatic nitrogens is 1. The standard InChI is InChI=1S/C57H36N4O2S/c1-2-11-33(12-3-1)55-58-56(36-23-26-41-40-15-6-9-19-48(40)62-50(41)30-36)60-57(59-55)45-16-10-20-52-54(45)44-27-22-35(31-53(44)64-52)34-21-25-42-43-28-24-37(32-51(43)63-49(42)29-34)61-46-17-7-4-13-38(46)39-14-5-8-18-47(39)61/h2,4-9,11-15,17-32,55,57,59H,10,16H2,(H,58,60). The van der Waals surface area contributed by atoms with E-state index in [1.807, 2.05) is 35.6 Å². The summed E-state index contributed by atoms with van der Waals surface area (Å²) in [6, 6.07) is 64.2. The van der Waals surface area contributed by atoms with Gasteiger partial charge >= 0.3 is 0 Å². The third-order valence-electron chi connectivity index (χ3n) is 13.3. The number of rotatable bonds is 5. The van der Waals surface area contributed by atoms with Crippen molar-refractivity contribution in [2.75, 3.05) is 0 Å². The molecule has 5 heterocycles. The van der Waals surface area contributed by atoms with E-state index in [-0.39, 0.29) is 12.3 Å². The zero-order chi connectivity index (χ0) is 41.9. The van der Waals surface area contributed by atoms with Crippen molar-refractivity contribution >= 4 is 105 Å². The molecule has 1 aliphatic carbocycles. The van der Waals surface area contributed by atoms with Crippen molar-refractivity contribution in [3.63, 3.8) is 0 Å². The van der Waals surface area contributed by atoms with Crippen LogP contribution < -0.4 is 20.4 Å². The highest BCUT2D eigenvalue weighted by Gasteiger charge is 2.29. The fourth-order valence-corrected chi connectivity index (χ4v) is 11.5. The molecule has 0 amide bonds. The van der Waals surface area contributed by atoms with Gasteiger partial charge in [-0.25, -0.2) is 4.99 Å². The van der Waals surface area contributed by atoms with Crippen LogP contribution in [0.4, 0.5) is 0 Å². The minimum absolute atomic E-state index is 0.179. The summed E-state index contributed by atoms with van der Waals surface area (Å²) < 4.78 is 17.9. The van der Waals surface area contributed by atoms with E-state index < -0.39 is 0 Å². The lowest BCUT2D eigenvalue weighted by molar-refractivity contribution is 0.444. The van der Waals surface area contributed by atoms with Gasteiger partial charge in [0.1, 0.15) is 40.5 Å². The molecule has 64 heavy (non-hydrogen) atoms. The van der Waals surface area contributed by atoms with E-state index >= 15 is 0 Å². The lowest BCUT2D eigenvalue weighted by atomic mass is 9.96. The zero-order valence-electron chi connectivity index (χ0n) is 34.4. The third kappa shape index (κ3) is 5.47. The minimum atomic E-state index is -0.243. The number of thiophene rings is 1. The van der Waals surface area contributed by atoms with E-state index in [0.717, 1.165) is 84.9 Å². The first kappa shape index (κ1) is 35.7. The molecular weight excluding hydrogens is 805 g/mol. The van der Waals surface area contributed by atoms with E-state index in [4.69, 9.17) is 13.8 Å². The van der Waals surface area contributed by atoms with Crippen molar-refractivity contribution in [2.45, 2.75) is 25.2 Å². The van der Waals surface area contributed by atoms with Crippen molar-refractivity contribution in [1.82, 2.24) is 15.2 Å². The number of para-hydroxylation sites is 3. The number of amidine groups is 1. The molecule has 0 radical (unpaired) electrons. The maximum Gasteiger partial charge on any atom is 0.137 e. The number of fused-ring (bicyclic) bond motifs is 12. The zero-order valence-corrected chi connectivity index (χ0v) is 35.2. The molecule has 12 aromatic rings. The fraction of sp³-hybridized carbons (Fsp3) is 0.0702. The van der Waals surface area contributed by atoms with Gasteiger partial charge in [-0.15, -0.1) is 11.3 Å². The van der Waals surface area contributed by atoms with Crippen LogP contribution in [0.15, 0.2) is 178 Å². The first-order chi connectivity index (χ1) is 31.7. The van der Waals surface area contributed by atoms with Crippen molar-refractivity contribution in [3.8, 4) is 16.8 Å². The van der Waals surface area contributed by atoms with Gasteiger partial charge in [0.25, 0.3) is 0 Å². The van der Waals surface area contributed by atoms with Gasteiger partial charge in [0.2, 0.25) is 0 Å². The first-order valence-electron chi connectivity index (χ1n) is 21.8. The number of nitrogens with one attached hydrogen (secondary N) is 2. The van der Waals surface area contributed by atoms with Gasteiger partial charge in [0.15, 0.2) is 0 Å². The van der Waals surface area contributed by atoms with Crippen molar-refractivity contribution < 1.29 is 8.83 Å². The largest absolute Gasteiger partial charge is 0.456 e. The summed E-state index contributed by atoms with van der Waals surface area (Å²) in [6.07, 6.45) is 3.86. The molecule has 0 bridgehead atoms. The summed E-state index contributed by atoms with van der Waals surface area (Å²) in [5.41, 5.74) is 12.6. The Morgan fingerprint density at radius 2 is 1.23 bits per heavy atom. The quantitative estimate of drug-likeness (QED) is 0.181. The highest BCUT2D eigenvalue weighted by atomic mass is 32.1. The van der Waals surface area contributed by atoms with Crippen LogP contribution in [-0.4, -0.2) is 16.6 Å². The van der Waals surface area contributed by atoms with Crippen LogP contribution >= 0.6 is 11.3 Å². The summed E-state index contributed by atoms with van der Waals surface area (Å²) in [5, 5.41) is 17.1. The molecule has 4 aromatic heterocycles. The van der Waals surface area contributed by atoms with Crippen molar-refractivity contribution in [2.24, 2.45) is 4.99 Å². The summed E-state index contributed by atoms with van der Waals surface area (Å²) in [6.45, 7) is 0. The van der Waals surface area contributed by atoms with E-state index in [0.29, 0.717) is 0 Å². The molecule has 0 saturated heterocycles. The lowest BCUT2D eigenvalue weighted by Crippen LogP contribution is -2.50. The Hall–Kier alpha value is -7.89. The molecule has 8 aromatic carbocycles. The Morgan fingerprint density at radius 3 is 2.02 bits per heavy atom. The van der Waals surface area contributed by atoms with Gasteiger partial charge < -0.3 is 18.7 Å². The lowest BCUT2D eigenvalue weighted by Gasteiger charge is -2.33. The van der Waals surface area contributed by atoms with Gasteiger partial charge in [-0.2, -0.15) is 0 Å². The molecule has 2 unspecified atom stereocenters. The van der Waals surface area contributed by atoms with Crippen LogP contribution in [0.1, 0.15) is 30.1 Å². The number of hydrogen-bond donors (Lipinski definition) is 2. The molecule has 0 spiro atoms. The Kier molecular flexibility index (Phi) is 7.70. The SMILES string of the molecule is c1ccc(C2NC(c3ccc4c(c3)oc3ccccc34)=NC(C3=c4c(sc5cc(-c6ccc7c(c6)oc6cc(-n8c9ccccc9c9ccccc98)ccc67)ccc45)=CCC3)N2)cc#1. The fourth-order valence-electron chi connectivity index (χ4n) is 10.3. The van der Waals surface area contributed by atoms with Gasteiger partial charge in [0.05, 0.1) is 11.0 Å². The second-order valence-corrected chi connectivity index (χ2v) is 18.0. The normalized spacial score (nSPS) is 16.4. The topological polar surface area (TPSA) is 67.6 Å². The Bertz CT molecular complexity index is 4000. The molecule has 2 atom stereocenters. The summed E-state index contributed by atoms with van der Waals surface area (Å²) in [5.74, 6) is 0.832. The predicted octanol–water partition coefficient (Wildman–Crippen LogP) is 12.5. The van der Waals surface area contributed by atoms with Crippen LogP contribution in [0.25, 0.3) is 104 Å². The first-order valence-corrected chi connectivity index (χ1v) is 22.6. The maximum atomic E-state index is 6.68. The number of benzene rings is 7. The molecule has 0 fully saturated rings. The van der Waals surface area contributed by atoms with Crippen molar-refractivity contribution in [3.05, 3.63) is 197 Å². The van der Waals surface area contributed by atoms with Gasteiger partial charge in [0, 0.05) is 69.5 Å². The average Bonchev–Trinajstić information content (AvgIpc) is 4.12. The summed E-state index contributed by atoms with van der Waals surface area (Å²) in [4.78, 5) is 5.43. The van der Waals surface area contributed by atoms with Gasteiger partial charge in [-0.05, 0) is 114 Å². The van der Waals surface area contributed by atoms with E-state index in [1.54, 1.807) is 0 Å². The number of nitrogens with zero attached hydrogens (tertiary/aromatic N) is 2. The van der Waals surface area contributed by atoms with Crippen LogP contribution in [0.3, 0.4) is 0 Å². The number of aliphatic imine (C=N–C) groups is 1. The number of hydrogen-bond acceptors (Lipinski definition) is 6. The molecule has 2 N–H and O–H groups in total. The highest BCUT2D eigenvalue weighted by Crippen LogP contribution is 2.38. The minimum Gasteiger partial charge on any atom is -0.456 e.